The minimum Gasteiger partial charge on any atom is -0.317 e. The Labute approximate surface area is 87.8 Å². The van der Waals surface area contributed by atoms with Gasteiger partial charge in [-0.25, -0.2) is 0 Å². The van der Waals surface area contributed by atoms with Crippen LogP contribution in [0.15, 0.2) is 0 Å². The Morgan fingerprint density at radius 3 is 2.71 bits per heavy atom. The van der Waals surface area contributed by atoms with Gasteiger partial charge in [0.15, 0.2) is 0 Å². The molecule has 1 aliphatic carbocycles. The quantitative estimate of drug-likeness (QED) is 0.608. The molecule has 0 amide bonds. The fraction of sp³-hybridized carbons (Fsp3) is 1.00. The van der Waals surface area contributed by atoms with Crippen molar-refractivity contribution in [2.75, 3.05) is 19.6 Å². The third-order valence-electron chi connectivity index (χ3n) is 3.49. The van der Waals surface area contributed by atoms with E-state index in [0.717, 1.165) is 12.0 Å². The van der Waals surface area contributed by atoms with Gasteiger partial charge in [-0.15, -0.1) is 0 Å². The van der Waals surface area contributed by atoms with Gasteiger partial charge < -0.3 is 10.6 Å². The number of nitrogens with one attached hydrogen (secondary N) is 2. The summed E-state index contributed by atoms with van der Waals surface area (Å²) in [5.74, 6) is 1.10. The molecule has 1 unspecified atom stereocenters. The molecule has 2 aliphatic rings. The maximum absolute atomic E-state index is 3.56. The van der Waals surface area contributed by atoms with E-state index in [1.54, 1.807) is 0 Å². The van der Waals surface area contributed by atoms with Crippen molar-refractivity contribution in [1.82, 2.24) is 10.6 Å². The highest BCUT2D eigenvalue weighted by atomic mass is 14.9. The molecular weight excluding hydrogens is 172 g/mol. The highest BCUT2D eigenvalue weighted by Gasteiger charge is 2.19. The van der Waals surface area contributed by atoms with Gasteiger partial charge in [-0.05, 0) is 57.7 Å². The van der Waals surface area contributed by atoms with Crippen molar-refractivity contribution < 1.29 is 0 Å². The molecule has 0 radical (unpaired) electrons. The van der Waals surface area contributed by atoms with Crippen LogP contribution in [-0.2, 0) is 0 Å². The summed E-state index contributed by atoms with van der Waals surface area (Å²) in [6, 6.07) is 0.811. The van der Waals surface area contributed by atoms with Gasteiger partial charge in [0.05, 0.1) is 0 Å². The Morgan fingerprint density at radius 1 is 1.07 bits per heavy atom. The van der Waals surface area contributed by atoms with Gasteiger partial charge in [-0.3, -0.25) is 0 Å². The van der Waals surface area contributed by atoms with Crippen molar-refractivity contribution in [3.05, 3.63) is 0 Å². The van der Waals surface area contributed by atoms with Crippen LogP contribution in [0.2, 0.25) is 0 Å². The second kappa shape index (κ2) is 5.72. The molecule has 0 aromatic carbocycles. The normalized spacial score (nSPS) is 27.0. The average Bonchev–Trinajstić information content (AvgIpc) is 2.87. The molecule has 14 heavy (non-hydrogen) atoms. The summed E-state index contributed by atoms with van der Waals surface area (Å²) in [7, 11) is 0. The van der Waals surface area contributed by atoms with E-state index in [0.29, 0.717) is 0 Å². The molecule has 0 aromatic heterocycles. The van der Waals surface area contributed by atoms with E-state index in [1.165, 1.54) is 64.6 Å². The summed E-state index contributed by atoms with van der Waals surface area (Å²) >= 11 is 0. The fourth-order valence-electron chi connectivity index (χ4n) is 2.33. The number of rotatable bonds is 7. The minimum absolute atomic E-state index is 0.811. The van der Waals surface area contributed by atoms with E-state index in [2.05, 4.69) is 10.6 Å². The van der Waals surface area contributed by atoms with E-state index in [4.69, 9.17) is 0 Å². The molecule has 2 rings (SSSR count). The highest BCUT2D eigenvalue weighted by Crippen LogP contribution is 2.33. The fourth-order valence-corrected chi connectivity index (χ4v) is 2.33. The molecule has 82 valence electrons. The summed E-state index contributed by atoms with van der Waals surface area (Å²) in [6.07, 6.45) is 9.97. The van der Waals surface area contributed by atoms with Crippen molar-refractivity contribution in [3.63, 3.8) is 0 Å². The van der Waals surface area contributed by atoms with Crippen LogP contribution in [-0.4, -0.2) is 25.7 Å². The first-order chi connectivity index (χ1) is 6.95. The van der Waals surface area contributed by atoms with Gasteiger partial charge in [0.25, 0.3) is 0 Å². The average molecular weight is 196 g/mol. The predicted octanol–water partition coefficient (Wildman–Crippen LogP) is 1.91. The van der Waals surface area contributed by atoms with E-state index >= 15 is 0 Å². The van der Waals surface area contributed by atoms with Crippen LogP contribution < -0.4 is 10.6 Å². The molecule has 1 atom stereocenters. The lowest BCUT2D eigenvalue weighted by molar-refractivity contribution is 0.511. The second-order valence-electron chi connectivity index (χ2n) is 4.92. The van der Waals surface area contributed by atoms with Gasteiger partial charge >= 0.3 is 0 Å². The Kier molecular flexibility index (Phi) is 4.26. The maximum atomic E-state index is 3.56. The number of hydrogen-bond acceptors (Lipinski definition) is 2. The summed E-state index contributed by atoms with van der Waals surface area (Å²) in [5, 5.41) is 7.09. The van der Waals surface area contributed by atoms with E-state index in [9.17, 15) is 0 Å². The third kappa shape index (κ3) is 3.97. The molecule has 1 saturated carbocycles. The highest BCUT2D eigenvalue weighted by molar-refractivity contribution is 4.75. The topological polar surface area (TPSA) is 24.1 Å². The smallest absolute Gasteiger partial charge is 0.00796 e. The molecule has 2 N–H and O–H groups in total. The van der Waals surface area contributed by atoms with Gasteiger partial charge in [0.2, 0.25) is 0 Å². The lowest BCUT2D eigenvalue weighted by Crippen LogP contribution is -2.27. The molecular formula is C12H24N2. The van der Waals surface area contributed by atoms with Crippen molar-refractivity contribution in [2.45, 2.75) is 51.0 Å². The molecule has 2 nitrogen and oxygen atoms in total. The zero-order valence-corrected chi connectivity index (χ0v) is 9.23. The molecule has 0 spiro atoms. The van der Waals surface area contributed by atoms with Crippen LogP contribution in [0, 0.1) is 5.92 Å². The molecule has 1 aliphatic heterocycles. The zero-order chi connectivity index (χ0) is 9.64. The van der Waals surface area contributed by atoms with Crippen molar-refractivity contribution in [3.8, 4) is 0 Å². The lowest BCUT2D eigenvalue weighted by atomic mass is 10.1. The maximum Gasteiger partial charge on any atom is 0.00796 e. The molecule has 1 heterocycles. The Hall–Kier alpha value is -0.0800. The summed E-state index contributed by atoms with van der Waals surface area (Å²) < 4.78 is 0. The molecule has 0 aromatic rings. The first kappa shape index (κ1) is 10.4. The lowest BCUT2D eigenvalue weighted by Gasteiger charge is -2.10. The molecule has 0 bridgehead atoms. The zero-order valence-electron chi connectivity index (χ0n) is 9.23. The summed E-state index contributed by atoms with van der Waals surface area (Å²) in [4.78, 5) is 0. The van der Waals surface area contributed by atoms with Crippen LogP contribution in [0.5, 0.6) is 0 Å². The van der Waals surface area contributed by atoms with Crippen molar-refractivity contribution >= 4 is 0 Å². The number of hydrogen-bond donors (Lipinski definition) is 2. The van der Waals surface area contributed by atoms with E-state index in [1.807, 2.05) is 0 Å². The van der Waals surface area contributed by atoms with Crippen LogP contribution in [0.1, 0.15) is 44.9 Å². The molecule has 1 saturated heterocycles. The van der Waals surface area contributed by atoms with Crippen LogP contribution in [0.25, 0.3) is 0 Å². The van der Waals surface area contributed by atoms with Crippen LogP contribution in [0.4, 0.5) is 0 Å². The summed E-state index contributed by atoms with van der Waals surface area (Å²) in [5.41, 5.74) is 0. The van der Waals surface area contributed by atoms with E-state index in [-0.39, 0.29) is 0 Å². The van der Waals surface area contributed by atoms with Gasteiger partial charge in [0.1, 0.15) is 0 Å². The standard InChI is InChI=1S/C12H24N2/c1(3-11-5-6-11)8-13-10-7-12-4-2-9-14-12/h11-14H,1-10H2. The first-order valence-electron chi connectivity index (χ1n) is 6.39. The Bertz CT molecular complexity index is 148. The van der Waals surface area contributed by atoms with E-state index < -0.39 is 0 Å². The predicted molar refractivity (Wildman–Crippen MR) is 60.5 cm³/mol. The third-order valence-corrected chi connectivity index (χ3v) is 3.49. The van der Waals surface area contributed by atoms with Gasteiger partial charge in [-0.2, -0.15) is 0 Å². The van der Waals surface area contributed by atoms with Crippen LogP contribution >= 0.6 is 0 Å². The Balaban J connectivity index is 1.35. The minimum atomic E-state index is 0.811. The van der Waals surface area contributed by atoms with Gasteiger partial charge in [-0.1, -0.05) is 12.8 Å². The first-order valence-corrected chi connectivity index (χ1v) is 6.39. The largest absolute Gasteiger partial charge is 0.317 e. The molecule has 2 heteroatoms. The van der Waals surface area contributed by atoms with Gasteiger partial charge in [0, 0.05) is 6.04 Å². The molecule has 2 fully saturated rings. The SMILES string of the molecule is C(CNCCC1CCCN1)CC1CC1. The second-order valence-corrected chi connectivity index (χ2v) is 4.92. The van der Waals surface area contributed by atoms with Crippen molar-refractivity contribution in [1.29, 1.82) is 0 Å². The summed E-state index contributed by atoms with van der Waals surface area (Å²) in [6.45, 7) is 3.69. The van der Waals surface area contributed by atoms with Crippen LogP contribution in [0.3, 0.4) is 0 Å². The monoisotopic (exact) mass is 196 g/mol. The Morgan fingerprint density at radius 2 is 2.00 bits per heavy atom. The van der Waals surface area contributed by atoms with Crippen molar-refractivity contribution in [2.24, 2.45) is 5.92 Å².